The first-order chi connectivity index (χ1) is 11.6. The highest BCUT2D eigenvalue weighted by Crippen LogP contribution is 2.26. The molecule has 24 heavy (non-hydrogen) atoms. The molecule has 5 heteroatoms. The van der Waals surface area contributed by atoms with Crippen LogP contribution in [0, 0.1) is 12.8 Å². The Labute approximate surface area is 143 Å². The van der Waals surface area contributed by atoms with E-state index in [-0.39, 0.29) is 23.9 Å². The Balaban J connectivity index is 1.65. The molecule has 3 N–H and O–H groups in total. The molecule has 2 aliphatic rings. The van der Waals surface area contributed by atoms with Crippen LogP contribution in [0.25, 0.3) is 0 Å². The molecular formula is C19H27N3O2. The number of carbonyl (C=O) groups excluding carboxylic acids is 2. The van der Waals surface area contributed by atoms with Gasteiger partial charge in [-0.3, -0.25) is 9.59 Å². The van der Waals surface area contributed by atoms with Gasteiger partial charge in [0, 0.05) is 19.0 Å². The lowest BCUT2D eigenvalue weighted by atomic mass is 10.0. The molecule has 2 amide bonds. The second-order valence-electron chi connectivity index (χ2n) is 7.10. The topological polar surface area (TPSA) is 75.4 Å². The van der Waals surface area contributed by atoms with Crippen LogP contribution < -0.4 is 11.1 Å². The molecule has 0 radical (unpaired) electrons. The number of hydrogen-bond acceptors (Lipinski definition) is 3. The molecule has 5 nitrogen and oxygen atoms in total. The number of hydrogen-bond donors (Lipinski definition) is 2. The first-order valence-electron chi connectivity index (χ1n) is 8.94. The second-order valence-corrected chi connectivity index (χ2v) is 7.10. The van der Waals surface area contributed by atoms with Gasteiger partial charge in [-0.05, 0) is 44.2 Å². The molecule has 3 atom stereocenters. The van der Waals surface area contributed by atoms with Crippen molar-refractivity contribution in [3.05, 3.63) is 35.4 Å². The molecule has 1 saturated carbocycles. The van der Waals surface area contributed by atoms with Crippen LogP contribution in [0.4, 0.5) is 0 Å². The van der Waals surface area contributed by atoms with Crippen LogP contribution in [0.2, 0.25) is 0 Å². The molecule has 0 bridgehead atoms. The average molecular weight is 329 g/mol. The van der Waals surface area contributed by atoms with Crippen LogP contribution in [-0.4, -0.2) is 35.3 Å². The van der Waals surface area contributed by atoms with E-state index in [9.17, 15) is 9.59 Å². The maximum absolute atomic E-state index is 12.7. The fourth-order valence-corrected chi connectivity index (χ4v) is 3.88. The summed E-state index contributed by atoms with van der Waals surface area (Å²) >= 11 is 0. The zero-order valence-electron chi connectivity index (χ0n) is 14.3. The molecule has 1 heterocycles. The van der Waals surface area contributed by atoms with E-state index in [4.69, 9.17) is 5.73 Å². The van der Waals surface area contributed by atoms with Gasteiger partial charge in [-0.15, -0.1) is 0 Å². The van der Waals surface area contributed by atoms with E-state index in [1.807, 2.05) is 31.2 Å². The van der Waals surface area contributed by atoms with Crippen molar-refractivity contribution in [2.75, 3.05) is 6.54 Å². The van der Waals surface area contributed by atoms with Crippen LogP contribution in [0.3, 0.4) is 0 Å². The van der Waals surface area contributed by atoms with Gasteiger partial charge < -0.3 is 16.0 Å². The number of benzene rings is 1. The fourth-order valence-electron chi connectivity index (χ4n) is 3.88. The number of nitrogens with zero attached hydrogens (tertiary/aromatic N) is 1. The van der Waals surface area contributed by atoms with E-state index in [1.165, 1.54) is 5.56 Å². The molecular weight excluding hydrogens is 302 g/mol. The van der Waals surface area contributed by atoms with E-state index in [0.29, 0.717) is 31.8 Å². The van der Waals surface area contributed by atoms with Crippen molar-refractivity contribution in [2.45, 2.75) is 57.7 Å². The van der Waals surface area contributed by atoms with Crippen molar-refractivity contribution < 1.29 is 9.59 Å². The predicted molar refractivity (Wildman–Crippen MR) is 93.1 cm³/mol. The predicted octanol–water partition coefficient (Wildman–Crippen LogP) is 1.73. The highest BCUT2D eigenvalue weighted by molar-refractivity contribution is 5.91. The summed E-state index contributed by atoms with van der Waals surface area (Å²) in [4.78, 5) is 26.7. The number of nitrogens with one attached hydrogen (secondary N) is 1. The third kappa shape index (κ3) is 3.61. The summed E-state index contributed by atoms with van der Waals surface area (Å²) < 4.78 is 0. The van der Waals surface area contributed by atoms with Gasteiger partial charge >= 0.3 is 0 Å². The molecule has 3 rings (SSSR count). The molecule has 1 aliphatic carbocycles. The molecule has 130 valence electrons. The smallest absolute Gasteiger partial charge is 0.243 e. The lowest BCUT2D eigenvalue weighted by molar-refractivity contribution is -0.136. The van der Waals surface area contributed by atoms with Crippen molar-refractivity contribution in [1.82, 2.24) is 10.2 Å². The highest BCUT2D eigenvalue weighted by atomic mass is 16.2. The van der Waals surface area contributed by atoms with E-state index in [0.717, 1.165) is 24.8 Å². The summed E-state index contributed by atoms with van der Waals surface area (Å²) in [6, 6.07) is 7.94. The zero-order chi connectivity index (χ0) is 17.1. The van der Waals surface area contributed by atoms with Crippen molar-refractivity contribution in [3.8, 4) is 0 Å². The van der Waals surface area contributed by atoms with Gasteiger partial charge in [-0.1, -0.05) is 36.2 Å². The lowest BCUT2D eigenvalue weighted by Crippen LogP contribution is -2.49. The molecule has 0 spiro atoms. The van der Waals surface area contributed by atoms with Gasteiger partial charge in [0.2, 0.25) is 11.8 Å². The Bertz CT molecular complexity index is 599. The van der Waals surface area contributed by atoms with Crippen LogP contribution in [0.5, 0.6) is 0 Å². The average Bonchev–Trinajstić information content (AvgIpc) is 3.16. The van der Waals surface area contributed by atoms with Crippen molar-refractivity contribution in [1.29, 1.82) is 0 Å². The quantitative estimate of drug-likeness (QED) is 0.864. The number of aryl methyl sites for hydroxylation is 1. The molecule has 1 saturated heterocycles. The summed E-state index contributed by atoms with van der Waals surface area (Å²) in [5.74, 6) is 0.424. The third-order valence-electron chi connectivity index (χ3n) is 5.39. The van der Waals surface area contributed by atoms with E-state index >= 15 is 0 Å². The van der Waals surface area contributed by atoms with Crippen LogP contribution in [0.15, 0.2) is 24.3 Å². The number of nitrogens with two attached hydrogens (primary N) is 1. The maximum atomic E-state index is 12.7. The largest absolute Gasteiger partial charge is 0.351 e. The number of rotatable bonds is 5. The first-order valence-corrected chi connectivity index (χ1v) is 8.94. The van der Waals surface area contributed by atoms with Crippen molar-refractivity contribution >= 4 is 11.8 Å². The SMILES string of the molecule is Cc1ccc(CN2C(=O)CCC2C(=O)NC2CCCC2CN)cc1. The summed E-state index contributed by atoms with van der Waals surface area (Å²) in [6.45, 7) is 3.15. The van der Waals surface area contributed by atoms with Crippen molar-refractivity contribution in [3.63, 3.8) is 0 Å². The standard InChI is InChI=1S/C19H27N3O2/c1-13-5-7-14(8-6-13)12-22-17(9-10-18(22)23)19(24)21-16-4-2-3-15(16)11-20/h5-8,15-17H,2-4,9-12,20H2,1H3,(H,21,24). The monoisotopic (exact) mass is 329 g/mol. The van der Waals surface area contributed by atoms with Gasteiger partial charge in [0.25, 0.3) is 0 Å². The number of amides is 2. The Morgan fingerprint density at radius 2 is 2.00 bits per heavy atom. The molecule has 2 fully saturated rings. The Hall–Kier alpha value is -1.88. The van der Waals surface area contributed by atoms with Gasteiger partial charge in [-0.25, -0.2) is 0 Å². The summed E-state index contributed by atoms with van der Waals surface area (Å²) in [7, 11) is 0. The Kier molecular flexibility index (Phi) is 5.19. The molecule has 1 aromatic rings. The number of carbonyl (C=O) groups is 2. The summed E-state index contributed by atoms with van der Waals surface area (Å²) in [5.41, 5.74) is 8.06. The second kappa shape index (κ2) is 7.34. The zero-order valence-corrected chi connectivity index (χ0v) is 14.3. The van der Waals surface area contributed by atoms with Crippen LogP contribution >= 0.6 is 0 Å². The minimum absolute atomic E-state index is 0.0155. The molecule has 3 unspecified atom stereocenters. The first kappa shape index (κ1) is 17.0. The van der Waals surface area contributed by atoms with Gasteiger partial charge in [0.1, 0.15) is 6.04 Å². The fraction of sp³-hybridized carbons (Fsp3) is 0.579. The van der Waals surface area contributed by atoms with Crippen molar-refractivity contribution in [2.24, 2.45) is 11.7 Å². The molecule has 1 aliphatic heterocycles. The van der Waals surface area contributed by atoms with E-state index < -0.39 is 0 Å². The summed E-state index contributed by atoms with van der Waals surface area (Å²) in [6.07, 6.45) is 4.25. The minimum Gasteiger partial charge on any atom is -0.351 e. The van der Waals surface area contributed by atoms with E-state index in [1.54, 1.807) is 4.90 Å². The Morgan fingerprint density at radius 3 is 2.71 bits per heavy atom. The van der Waals surface area contributed by atoms with Crippen LogP contribution in [-0.2, 0) is 16.1 Å². The lowest BCUT2D eigenvalue weighted by Gasteiger charge is -2.27. The van der Waals surface area contributed by atoms with Crippen LogP contribution in [0.1, 0.15) is 43.2 Å². The van der Waals surface area contributed by atoms with Gasteiger partial charge in [0.05, 0.1) is 0 Å². The highest BCUT2D eigenvalue weighted by Gasteiger charge is 2.38. The van der Waals surface area contributed by atoms with Gasteiger partial charge in [-0.2, -0.15) is 0 Å². The molecule has 1 aromatic carbocycles. The minimum atomic E-state index is -0.349. The summed E-state index contributed by atoms with van der Waals surface area (Å²) in [5, 5.41) is 3.15. The normalized spacial score (nSPS) is 26.8. The molecule has 0 aromatic heterocycles. The maximum Gasteiger partial charge on any atom is 0.243 e. The number of likely N-dealkylation sites (tertiary alicyclic amines) is 1. The van der Waals surface area contributed by atoms with E-state index in [2.05, 4.69) is 5.32 Å². The van der Waals surface area contributed by atoms with Gasteiger partial charge in [0.15, 0.2) is 0 Å². The Morgan fingerprint density at radius 1 is 1.25 bits per heavy atom. The third-order valence-corrected chi connectivity index (χ3v) is 5.39.